The molecule has 1 saturated heterocycles. The molecule has 1 fully saturated rings. The third-order valence-electron chi connectivity index (χ3n) is 3.93. The molecule has 1 aliphatic heterocycles. The predicted octanol–water partition coefficient (Wildman–Crippen LogP) is 2.22. The van der Waals surface area contributed by atoms with Crippen molar-refractivity contribution < 1.29 is 13.9 Å². The van der Waals surface area contributed by atoms with Gasteiger partial charge in [-0.2, -0.15) is 0 Å². The number of carbonyl (C=O) groups is 1. The smallest absolute Gasteiger partial charge is 0.240 e. The quantitative estimate of drug-likeness (QED) is 0.686. The molecule has 1 aromatic heterocycles. The highest BCUT2D eigenvalue weighted by Gasteiger charge is 2.39. The van der Waals surface area contributed by atoms with E-state index in [1.54, 1.807) is 6.26 Å². The first kappa shape index (κ1) is 16.0. The summed E-state index contributed by atoms with van der Waals surface area (Å²) in [6.45, 7) is 4.83. The molecular formula is C16H26N2O3. The summed E-state index contributed by atoms with van der Waals surface area (Å²) in [7, 11) is 0. The number of nitrogens with one attached hydrogen (secondary N) is 2. The topological polar surface area (TPSA) is 63.5 Å². The highest BCUT2D eigenvalue weighted by atomic mass is 16.5. The van der Waals surface area contributed by atoms with Gasteiger partial charge in [0.2, 0.25) is 5.91 Å². The maximum absolute atomic E-state index is 12.3. The Bertz CT molecular complexity index is 411. The summed E-state index contributed by atoms with van der Waals surface area (Å²) in [6.07, 6.45) is 6.41. The van der Waals surface area contributed by atoms with Crippen LogP contribution in [0.4, 0.5) is 0 Å². The fraction of sp³-hybridized carbons (Fsp3) is 0.688. The lowest BCUT2D eigenvalue weighted by molar-refractivity contribution is -0.127. The second-order valence-corrected chi connectivity index (χ2v) is 5.60. The molecule has 0 aliphatic carbocycles. The van der Waals surface area contributed by atoms with Gasteiger partial charge in [-0.25, -0.2) is 0 Å². The summed E-state index contributed by atoms with van der Waals surface area (Å²) in [5.41, 5.74) is -0.330. The van der Waals surface area contributed by atoms with Crippen LogP contribution in [0.5, 0.6) is 0 Å². The van der Waals surface area contributed by atoms with Gasteiger partial charge in [-0.15, -0.1) is 0 Å². The first-order valence-corrected chi connectivity index (χ1v) is 7.90. The van der Waals surface area contributed by atoms with Gasteiger partial charge in [-0.05, 0) is 44.4 Å². The van der Waals surface area contributed by atoms with E-state index in [4.69, 9.17) is 9.15 Å². The van der Waals surface area contributed by atoms with Gasteiger partial charge in [0.1, 0.15) is 12.4 Å². The molecule has 1 aromatic rings. The molecule has 21 heavy (non-hydrogen) atoms. The lowest BCUT2D eigenvalue weighted by atomic mass is 9.91. The van der Waals surface area contributed by atoms with Gasteiger partial charge in [0.15, 0.2) is 0 Å². The molecule has 0 bridgehead atoms. The van der Waals surface area contributed by atoms with E-state index in [9.17, 15) is 4.79 Å². The van der Waals surface area contributed by atoms with Gasteiger partial charge in [-0.3, -0.25) is 4.79 Å². The van der Waals surface area contributed by atoms with Crippen molar-refractivity contribution in [1.29, 1.82) is 0 Å². The summed E-state index contributed by atoms with van der Waals surface area (Å²) in [5.74, 6) is 0.976. The Hall–Kier alpha value is -1.33. The maximum Gasteiger partial charge on any atom is 0.240 e. The molecule has 1 aliphatic rings. The van der Waals surface area contributed by atoms with E-state index in [0.717, 1.165) is 44.4 Å². The van der Waals surface area contributed by atoms with Crippen molar-refractivity contribution in [3.8, 4) is 0 Å². The van der Waals surface area contributed by atoms with E-state index in [-0.39, 0.29) is 11.4 Å². The zero-order valence-corrected chi connectivity index (χ0v) is 12.8. The van der Waals surface area contributed by atoms with Crippen LogP contribution in [-0.2, 0) is 16.1 Å². The number of hydrogen-bond donors (Lipinski definition) is 2. The Morgan fingerprint density at radius 1 is 1.57 bits per heavy atom. The van der Waals surface area contributed by atoms with Crippen LogP contribution < -0.4 is 10.6 Å². The number of rotatable bonds is 9. The number of hydrogen-bond acceptors (Lipinski definition) is 4. The van der Waals surface area contributed by atoms with E-state index in [2.05, 4.69) is 17.6 Å². The van der Waals surface area contributed by atoms with E-state index < -0.39 is 0 Å². The van der Waals surface area contributed by atoms with Crippen molar-refractivity contribution >= 4 is 5.91 Å². The highest BCUT2D eigenvalue weighted by molar-refractivity contribution is 5.86. The number of ether oxygens (including phenoxy) is 1. The first-order chi connectivity index (χ1) is 10.3. The third kappa shape index (κ3) is 4.58. The van der Waals surface area contributed by atoms with Crippen LogP contribution in [0.2, 0.25) is 0 Å². The van der Waals surface area contributed by atoms with Gasteiger partial charge < -0.3 is 19.8 Å². The van der Waals surface area contributed by atoms with Gasteiger partial charge >= 0.3 is 0 Å². The van der Waals surface area contributed by atoms with Crippen molar-refractivity contribution in [1.82, 2.24) is 10.6 Å². The number of furan rings is 1. The van der Waals surface area contributed by atoms with E-state index in [1.807, 2.05) is 12.1 Å². The molecule has 5 heteroatoms. The van der Waals surface area contributed by atoms with Crippen LogP contribution in [0.1, 0.15) is 44.8 Å². The van der Waals surface area contributed by atoms with Crippen molar-refractivity contribution in [3.63, 3.8) is 0 Å². The average molecular weight is 294 g/mol. The van der Waals surface area contributed by atoms with Crippen LogP contribution in [-0.4, -0.2) is 31.1 Å². The maximum atomic E-state index is 12.3. The molecule has 1 atom stereocenters. The fourth-order valence-electron chi connectivity index (χ4n) is 2.87. The lowest BCUT2D eigenvalue weighted by Crippen LogP contribution is -2.53. The summed E-state index contributed by atoms with van der Waals surface area (Å²) < 4.78 is 10.7. The first-order valence-electron chi connectivity index (χ1n) is 7.90. The van der Waals surface area contributed by atoms with Crippen LogP contribution >= 0.6 is 0 Å². The summed E-state index contributed by atoms with van der Waals surface area (Å²) >= 11 is 0. The average Bonchev–Trinajstić information content (AvgIpc) is 3.15. The Kier molecular flexibility index (Phi) is 6.26. The molecule has 2 heterocycles. The normalized spacial score (nSPS) is 21.6. The molecule has 2 rings (SSSR count). The highest BCUT2D eigenvalue weighted by Crippen LogP contribution is 2.24. The third-order valence-corrected chi connectivity index (χ3v) is 3.93. The molecule has 1 unspecified atom stereocenters. The SMILES string of the molecule is CCCC1(C(=O)NCCCOCc2ccco2)CCCN1. The number of carbonyl (C=O) groups excluding carboxylic acids is 1. The summed E-state index contributed by atoms with van der Waals surface area (Å²) in [4.78, 5) is 12.3. The fourth-order valence-corrected chi connectivity index (χ4v) is 2.87. The molecule has 2 N–H and O–H groups in total. The molecule has 5 nitrogen and oxygen atoms in total. The van der Waals surface area contributed by atoms with Crippen molar-refractivity contribution in [2.75, 3.05) is 19.7 Å². The number of amides is 1. The van der Waals surface area contributed by atoms with Gasteiger partial charge in [0, 0.05) is 13.2 Å². The van der Waals surface area contributed by atoms with Crippen molar-refractivity contribution in [3.05, 3.63) is 24.2 Å². The minimum atomic E-state index is -0.330. The van der Waals surface area contributed by atoms with Gasteiger partial charge in [-0.1, -0.05) is 13.3 Å². The minimum absolute atomic E-state index is 0.146. The van der Waals surface area contributed by atoms with E-state index >= 15 is 0 Å². The zero-order valence-electron chi connectivity index (χ0n) is 12.8. The zero-order chi connectivity index (χ0) is 15.0. The van der Waals surface area contributed by atoms with E-state index in [0.29, 0.717) is 19.8 Å². The van der Waals surface area contributed by atoms with Gasteiger partial charge in [0.25, 0.3) is 0 Å². The van der Waals surface area contributed by atoms with Crippen LogP contribution in [0.3, 0.4) is 0 Å². The van der Waals surface area contributed by atoms with Gasteiger partial charge in [0.05, 0.1) is 11.8 Å². The monoisotopic (exact) mass is 294 g/mol. The molecule has 0 saturated carbocycles. The molecule has 1 amide bonds. The Morgan fingerprint density at radius 3 is 3.14 bits per heavy atom. The summed E-state index contributed by atoms with van der Waals surface area (Å²) in [6, 6.07) is 3.74. The van der Waals surface area contributed by atoms with Crippen LogP contribution in [0, 0.1) is 0 Å². The lowest BCUT2D eigenvalue weighted by Gasteiger charge is -2.27. The van der Waals surface area contributed by atoms with Crippen molar-refractivity contribution in [2.45, 2.75) is 51.2 Å². The standard InChI is InChI=1S/C16H26N2O3/c1-2-7-16(8-4-10-18-16)15(19)17-9-5-11-20-13-14-6-3-12-21-14/h3,6,12,18H,2,4-5,7-11,13H2,1H3,(H,17,19). The Labute approximate surface area is 126 Å². The Balaban J connectivity index is 1.60. The molecule has 0 spiro atoms. The molecular weight excluding hydrogens is 268 g/mol. The second-order valence-electron chi connectivity index (χ2n) is 5.60. The largest absolute Gasteiger partial charge is 0.467 e. The van der Waals surface area contributed by atoms with Crippen LogP contribution in [0.25, 0.3) is 0 Å². The second kappa shape index (κ2) is 8.20. The van der Waals surface area contributed by atoms with Crippen LogP contribution in [0.15, 0.2) is 22.8 Å². The molecule has 118 valence electrons. The minimum Gasteiger partial charge on any atom is -0.467 e. The molecule has 0 radical (unpaired) electrons. The summed E-state index contributed by atoms with van der Waals surface area (Å²) in [5, 5.41) is 6.42. The Morgan fingerprint density at radius 2 is 2.48 bits per heavy atom. The predicted molar refractivity (Wildman–Crippen MR) is 80.9 cm³/mol. The van der Waals surface area contributed by atoms with E-state index in [1.165, 1.54) is 0 Å². The van der Waals surface area contributed by atoms with Crippen molar-refractivity contribution in [2.24, 2.45) is 0 Å². The molecule has 0 aromatic carbocycles.